The lowest BCUT2D eigenvalue weighted by Crippen LogP contribution is -2.41. The number of piperidine rings is 1. The summed E-state index contributed by atoms with van der Waals surface area (Å²) in [4.78, 5) is 15.9. The predicted molar refractivity (Wildman–Crippen MR) is 106 cm³/mol. The van der Waals surface area contributed by atoms with Crippen LogP contribution < -0.4 is 4.90 Å². The Morgan fingerprint density at radius 3 is 2.23 bits per heavy atom. The van der Waals surface area contributed by atoms with E-state index in [4.69, 9.17) is 11.6 Å². The second-order valence-corrected chi connectivity index (χ2v) is 7.55. The molecule has 0 saturated carbocycles. The van der Waals surface area contributed by atoms with Crippen molar-refractivity contribution < 1.29 is 9.90 Å². The number of anilines is 1. The van der Waals surface area contributed by atoms with Crippen molar-refractivity contribution in [1.82, 2.24) is 4.90 Å². The summed E-state index contributed by atoms with van der Waals surface area (Å²) in [5.41, 5.74) is 3.45. The summed E-state index contributed by atoms with van der Waals surface area (Å²) >= 11 is 6.07. The van der Waals surface area contributed by atoms with Gasteiger partial charge in [-0.1, -0.05) is 35.9 Å². The second kappa shape index (κ2) is 8.11. The van der Waals surface area contributed by atoms with Crippen LogP contribution in [-0.4, -0.2) is 43.2 Å². The zero-order valence-electron chi connectivity index (χ0n) is 15.2. The van der Waals surface area contributed by atoms with Gasteiger partial charge in [0.1, 0.15) is 0 Å². The normalized spacial score (nSPS) is 19.1. The Labute approximate surface area is 160 Å². The zero-order valence-corrected chi connectivity index (χ0v) is 16.0. The maximum absolute atomic E-state index is 11.5. The highest BCUT2D eigenvalue weighted by atomic mass is 35.5. The molecule has 1 aliphatic rings. The van der Waals surface area contributed by atoms with E-state index in [0.29, 0.717) is 11.6 Å². The minimum absolute atomic E-state index is 0.0330. The van der Waals surface area contributed by atoms with Gasteiger partial charge in [0.25, 0.3) is 0 Å². The molecule has 0 spiro atoms. The van der Waals surface area contributed by atoms with Crippen LogP contribution in [0.3, 0.4) is 0 Å². The summed E-state index contributed by atoms with van der Waals surface area (Å²) in [6.07, 6.45) is 1.65. The first-order chi connectivity index (χ1) is 12.5. The van der Waals surface area contributed by atoms with Crippen LogP contribution in [0.25, 0.3) is 0 Å². The maximum Gasteiger partial charge on any atom is 0.307 e. The van der Waals surface area contributed by atoms with E-state index in [1.807, 2.05) is 38.4 Å². The standard InChI is InChI=1S/C21H25ClN2O2/c1-23(2)19-11-7-16(8-12-19)20(15-5-9-18(22)10-6-15)24-13-3-4-17(14-24)21(25)26/h5-12,17,20H,3-4,13-14H2,1-2H3,(H,25,26). The lowest BCUT2D eigenvalue weighted by atomic mass is 9.91. The molecule has 5 heteroatoms. The number of aliphatic carboxylic acids is 1. The fourth-order valence-electron chi connectivity index (χ4n) is 3.66. The molecule has 1 N–H and O–H groups in total. The molecule has 3 rings (SSSR count). The van der Waals surface area contributed by atoms with Crippen molar-refractivity contribution in [2.75, 3.05) is 32.1 Å². The fourth-order valence-corrected chi connectivity index (χ4v) is 3.78. The highest BCUT2D eigenvalue weighted by molar-refractivity contribution is 6.30. The highest BCUT2D eigenvalue weighted by Gasteiger charge is 2.31. The first-order valence-electron chi connectivity index (χ1n) is 8.95. The van der Waals surface area contributed by atoms with E-state index >= 15 is 0 Å². The Morgan fingerprint density at radius 1 is 1.12 bits per heavy atom. The minimum Gasteiger partial charge on any atom is -0.481 e. The van der Waals surface area contributed by atoms with Gasteiger partial charge in [-0.3, -0.25) is 9.69 Å². The molecule has 0 aliphatic carbocycles. The molecule has 0 aromatic heterocycles. The van der Waals surface area contributed by atoms with Crippen molar-refractivity contribution in [2.24, 2.45) is 5.92 Å². The van der Waals surface area contributed by atoms with Gasteiger partial charge in [0, 0.05) is 31.4 Å². The number of halogens is 1. The molecule has 1 saturated heterocycles. The van der Waals surface area contributed by atoms with Crippen LogP contribution in [0.1, 0.15) is 30.0 Å². The molecule has 1 fully saturated rings. The van der Waals surface area contributed by atoms with E-state index in [0.717, 1.165) is 30.6 Å². The van der Waals surface area contributed by atoms with Crippen molar-refractivity contribution in [3.05, 3.63) is 64.7 Å². The lowest BCUT2D eigenvalue weighted by molar-refractivity contribution is -0.143. The number of hydrogen-bond donors (Lipinski definition) is 1. The number of carboxylic acid groups (broad SMARTS) is 1. The summed E-state index contributed by atoms with van der Waals surface area (Å²) in [7, 11) is 4.04. The van der Waals surface area contributed by atoms with Crippen molar-refractivity contribution in [3.63, 3.8) is 0 Å². The number of carbonyl (C=O) groups is 1. The third kappa shape index (κ3) is 4.19. The van der Waals surface area contributed by atoms with Crippen LogP contribution in [0.2, 0.25) is 5.02 Å². The van der Waals surface area contributed by atoms with E-state index in [-0.39, 0.29) is 12.0 Å². The molecule has 138 valence electrons. The number of carboxylic acids is 1. The van der Waals surface area contributed by atoms with E-state index < -0.39 is 5.97 Å². The van der Waals surface area contributed by atoms with Crippen molar-refractivity contribution in [2.45, 2.75) is 18.9 Å². The molecule has 1 aliphatic heterocycles. The Bertz CT molecular complexity index is 744. The van der Waals surface area contributed by atoms with Crippen LogP contribution in [0.15, 0.2) is 48.5 Å². The van der Waals surface area contributed by atoms with E-state index in [2.05, 4.69) is 34.1 Å². The summed E-state index contributed by atoms with van der Waals surface area (Å²) in [5.74, 6) is -1.01. The summed E-state index contributed by atoms with van der Waals surface area (Å²) in [5, 5.41) is 10.2. The Balaban J connectivity index is 1.96. The average Bonchev–Trinajstić information content (AvgIpc) is 2.64. The van der Waals surface area contributed by atoms with Gasteiger partial charge < -0.3 is 10.0 Å². The van der Waals surface area contributed by atoms with Crippen molar-refractivity contribution in [1.29, 1.82) is 0 Å². The van der Waals surface area contributed by atoms with Gasteiger partial charge in [-0.2, -0.15) is 0 Å². The topological polar surface area (TPSA) is 43.8 Å². The van der Waals surface area contributed by atoms with Crippen LogP contribution >= 0.6 is 11.6 Å². The maximum atomic E-state index is 11.5. The van der Waals surface area contributed by atoms with Gasteiger partial charge in [0.15, 0.2) is 0 Å². The first kappa shape index (κ1) is 18.7. The molecule has 0 amide bonds. The summed E-state index contributed by atoms with van der Waals surface area (Å²) < 4.78 is 0. The smallest absolute Gasteiger partial charge is 0.307 e. The molecule has 0 bridgehead atoms. The Kier molecular flexibility index (Phi) is 5.84. The molecule has 26 heavy (non-hydrogen) atoms. The number of hydrogen-bond acceptors (Lipinski definition) is 3. The summed E-state index contributed by atoms with van der Waals surface area (Å²) in [6, 6.07) is 16.4. The molecular weight excluding hydrogens is 348 g/mol. The third-order valence-electron chi connectivity index (χ3n) is 5.08. The Hall–Kier alpha value is -2.04. The molecule has 4 nitrogen and oxygen atoms in total. The van der Waals surface area contributed by atoms with Gasteiger partial charge in [0.05, 0.1) is 12.0 Å². The van der Waals surface area contributed by atoms with Crippen molar-refractivity contribution >= 4 is 23.3 Å². The van der Waals surface area contributed by atoms with Crippen LogP contribution in [0, 0.1) is 5.92 Å². The molecule has 1 heterocycles. The van der Waals surface area contributed by atoms with Crippen LogP contribution in [0.4, 0.5) is 5.69 Å². The molecular formula is C21H25ClN2O2. The zero-order chi connectivity index (χ0) is 18.7. The largest absolute Gasteiger partial charge is 0.481 e. The van der Waals surface area contributed by atoms with Crippen molar-refractivity contribution in [3.8, 4) is 0 Å². The number of likely N-dealkylation sites (tertiary alicyclic amines) is 1. The van der Waals surface area contributed by atoms with Crippen LogP contribution in [0.5, 0.6) is 0 Å². The molecule has 0 radical (unpaired) electrons. The number of benzene rings is 2. The minimum atomic E-state index is -0.701. The van der Waals surface area contributed by atoms with Gasteiger partial charge >= 0.3 is 5.97 Å². The number of nitrogens with zero attached hydrogens (tertiary/aromatic N) is 2. The van der Waals surface area contributed by atoms with Gasteiger partial charge in [-0.05, 0) is 54.8 Å². The predicted octanol–water partition coefficient (Wildman–Crippen LogP) is 4.29. The Morgan fingerprint density at radius 2 is 1.69 bits per heavy atom. The fraction of sp³-hybridized carbons (Fsp3) is 0.381. The molecule has 2 aromatic rings. The van der Waals surface area contributed by atoms with Gasteiger partial charge in [-0.15, -0.1) is 0 Å². The number of rotatable bonds is 5. The van der Waals surface area contributed by atoms with E-state index in [1.165, 1.54) is 5.56 Å². The molecule has 2 aromatic carbocycles. The molecule has 2 unspecified atom stereocenters. The lowest BCUT2D eigenvalue weighted by Gasteiger charge is -2.37. The quantitative estimate of drug-likeness (QED) is 0.850. The summed E-state index contributed by atoms with van der Waals surface area (Å²) in [6.45, 7) is 1.46. The van der Waals surface area contributed by atoms with Crippen LogP contribution in [-0.2, 0) is 4.79 Å². The second-order valence-electron chi connectivity index (χ2n) is 7.11. The van der Waals surface area contributed by atoms with E-state index in [9.17, 15) is 9.90 Å². The van der Waals surface area contributed by atoms with Gasteiger partial charge in [-0.25, -0.2) is 0 Å². The van der Waals surface area contributed by atoms with Gasteiger partial charge in [0.2, 0.25) is 0 Å². The molecule has 2 atom stereocenters. The monoisotopic (exact) mass is 372 g/mol. The highest BCUT2D eigenvalue weighted by Crippen LogP contribution is 2.34. The first-order valence-corrected chi connectivity index (χ1v) is 9.33. The average molecular weight is 373 g/mol. The SMILES string of the molecule is CN(C)c1ccc(C(c2ccc(Cl)cc2)N2CCCC(C(=O)O)C2)cc1. The third-order valence-corrected chi connectivity index (χ3v) is 5.33. The van der Waals surface area contributed by atoms with E-state index in [1.54, 1.807) is 0 Å².